The topological polar surface area (TPSA) is 44.4 Å². The summed E-state index contributed by atoms with van der Waals surface area (Å²) in [5.41, 5.74) is 3.21. The molecule has 25 heavy (non-hydrogen) atoms. The zero-order chi connectivity index (χ0) is 17.6. The van der Waals surface area contributed by atoms with E-state index in [1.165, 1.54) is 15.3 Å². The molecule has 1 amide bonds. The van der Waals surface area contributed by atoms with Crippen molar-refractivity contribution < 1.29 is 4.79 Å². The van der Waals surface area contributed by atoms with E-state index in [1.54, 1.807) is 23.1 Å². The first kappa shape index (κ1) is 16.9. The third-order valence-corrected chi connectivity index (χ3v) is 6.94. The van der Waals surface area contributed by atoms with Crippen molar-refractivity contribution in [1.29, 1.82) is 0 Å². The maximum atomic E-state index is 12.8. The fourth-order valence-corrected chi connectivity index (χ4v) is 5.25. The molecule has 0 bridgehead atoms. The minimum atomic E-state index is -0.155. The standard InChI is InChI=1S/C19H23N3OS2/c1-11(2)22-9-8-14-15(10-22)25-19-16(14)18(23)20-17(21-19)12-4-6-13(24-3)7-5-12/h4-7,11,17,21H,8-10H2,1-3H3,(H,20,23). The monoisotopic (exact) mass is 373 g/mol. The van der Waals surface area contributed by atoms with Gasteiger partial charge in [0.1, 0.15) is 11.2 Å². The molecule has 2 N–H and O–H groups in total. The summed E-state index contributed by atoms with van der Waals surface area (Å²) in [6.07, 6.45) is 2.87. The van der Waals surface area contributed by atoms with Crippen molar-refractivity contribution in [2.75, 3.05) is 18.1 Å². The molecular weight excluding hydrogens is 350 g/mol. The van der Waals surface area contributed by atoms with E-state index < -0.39 is 0 Å². The van der Waals surface area contributed by atoms with E-state index in [-0.39, 0.29) is 12.1 Å². The lowest BCUT2D eigenvalue weighted by Crippen LogP contribution is -2.39. The molecule has 132 valence electrons. The molecule has 1 unspecified atom stereocenters. The molecule has 0 aliphatic carbocycles. The van der Waals surface area contributed by atoms with Gasteiger partial charge in [0.15, 0.2) is 0 Å². The Morgan fingerprint density at radius 1 is 1.24 bits per heavy atom. The Kier molecular flexibility index (Phi) is 4.52. The Bertz CT molecular complexity index is 798. The minimum absolute atomic E-state index is 0.0585. The first-order valence-corrected chi connectivity index (χ1v) is 10.7. The number of fused-ring (bicyclic) bond motifs is 3. The summed E-state index contributed by atoms with van der Waals surface area (Å²) in [4.78, 5) is 17.8. The van der Waals surface area contributed by atoms with Crippen LogP contribution < -0.4 is 10.6 Å². The Balaban J connectivity index is 1.62. The van der Waals surface area contributed by atoms with Gasteiger partial charge < -0.3 is 10.6 Å². The molecule has 2 aromatic rings. The average molecular weight is 374 g/mol. The number of anilines is 1. The Morgan fingerprint density at radius 2 is 2.00 bits per heavy atom. The number of nitrogens with one attached hydrogen (secondary N) is 2. The second-order valence-corrected chi connectivity index (χ2v) is 8.83. The highest BCUT2D eigenvalue weighted by Gasteiger charge is 2.33. The Labute approximate surface area is 157 Å². The number of benzene rings is 1. The number of nitrogens with zero attached hydrogens (tertiary/aromatic N) is 1. The van der Waals surface area contributed by atoms with Crippen LogP contribution in [0.2, 0.25) is 0 Å². The lowest BCUT2D eigenvalue weighted by molar-refractivity contribution is 0.0934. The zero-order valence-electron chi connectivity index (χ0n) is 14.8. The van der Waals surface area contributed by atoms with Crippen LogP contribution in [0.3, 0.4) is 0 Å². The summed E-state index contributed by atoms with van der Waals surface area (Å²) in [6, 6.07) is 8.91. The van der Waals surface area contributed by atoms with Gasteiger partial charge in [0, 0.05) is 28.9 Å². The second kappa shape index (κ2) is 6.67. The highest BCUT2D eigenvalue weighted by molar-refractivity contribution is 7.98. The van der Waals surface area contributed by atoms with Crippen molar-refractivity contribution in [3.05, 3.63) is 45.8 Å². The van der Waals surface area contributed by atoms with E-state index in [1.807, 2.05) is 0 Å². The van der Waals surface area contributed by atoms with Crippen LogP contribution in [-0.4, -0.2) is 29.6 Å². The van der Waals surface area contributed by atoms with Gasteiger partial charge in [-0.05, 0) is 49.8 Å². The lowest BCUT2D eigenvalue weighted by atomic mass is 9.99. The number of thioether (sulfide) groups is 1. The smallest absolute Gasteiger partial charge is 0.256 e. The quantitative estimate of drug-likeness (QED) is 0.796. The number of rotatable bonds is 3. The largest absolute Gasteiger partial charge is 0.353 e. The second-order valence-electron chi connectivity index (χ2n) is 6.85. The van der Waals surface area contributed by atoms with Gasteiger partial charge in [0.2, 0.25) is 0 Å². The van der Waals surface area contributed by atoms with E-state index >= 15 is 0 Å². The molecule has 0 spiro atoms. The molecule has 3 heterocycles. The number of carbonyl (C=O) groups excluding carboxylic acids is 1. The van der Waals surface area contributed by atoms with Crippen LogP contribution in [0.25, 0.3) is 0 Å². The molecule has 2 aliphatic rings. The Hall–Kier alpha value is -1.50. The first-order chi connectivity index (χ1) is 12.1. The fraction of sp³-hybridized carbons (Fsp3) is 0.421. The number of thiophene rings is 1. The van der Waals surface area contributed by atoms with Gasteiger partial charge in [-0.3, -0.25) is 9.69 Å². The van der Waals surface area contributed by atoms with E-state index in [9.17, 15) is 4.79 Å². The summed E-state index contributed by atoms with van der Waals surface area (Å²) in [6.45, 7) is 6.45. The molecule has 2 aliphatic heterocycles. The molecule has 0 fully saturated rings. The molecule has 4 nitrogen and oxygen atoms in total. The van der Waals surface area contributed by atoms with Crippen LogP contribution in [0, 0.1) is 0 Å². The number of hydrogen-bond donors (Lipinski definition) is 2. The van der Waals surface area contributed by atoms with Gasteiger partial charge in [0.25, 0.3) is 5.91 Å². The fourth-order valence-electron chi connectivity index (χ4n) is 3.54. The van der Waals surface area contributed by atoms with Crippen LogP contribution in [0.1, 0.15) is 46.4 Å². The van der Waals surface area contributed by atoms with Crippen molar-refractivity contribution in [2.24, 2.45) is 0 Å². The van der Waals surface area contributed by atoms with Crippen LogP contribution >= 0.6 is 23.1 Å². The molecule has 1 atom stereocenters. The van der Waals surface area contributed by atoms with Crippen molar-refractivity contribution in [1.82, 2.24) is 10.2 Å². The Morgan fingerprint density at radius 3 is 2.68 bits per heavy atom. The van der Waals surface area contributed by atoms with Crippen LogP contribution in [0.4, 0.5) is 5.00 Å². The van der Waals surface area contributed by atoms with E-state index in [4.69, 9.17) is 0 Å². The van der Waals surface area contributed by atoms with Gasteiger partial charge in [-0.15, -0.1) is 23.1 Å². The molecule has 1 aromatic heterocycles. The van der Waals surface area contributed by atoms with Gasteiger partial charge in [0.05, 0.1) is 5.56 Å². The summed E-state index contributed by atoms with van der Waals surface area (Å²) < 4.78 is 0. The molecule has 4 rings (SSSR count). The van der Waals surface area contributed by atoms with Crippen molar-refractivity contribution >= 4 is 34.0 Å². The summed E-state index contributed by atoms with van der Waals surface area (Å²) in [7, 11) is 0. The SMILES string of the molecule is CSc1ccc(C2NC(=O)c3c(sc4c3CCN(C(C)C)C4)N2)cc1. The molecule has 0 saturated heterocycles. The van der Waals surface area contributed by atoms with E-state index in [0.717, 1.165) is 35.6 Å². The van der Waals surface area contributed by atoms with Crippen LogP contribution in [0.15, 0.2) is 29.2 Å². The predicted molar refractivity (Wildman–Crippen MR) is 106 cm³/mol. The minimum Gasteiger partial charge on any atom is -0.353 e. The van der Waals surface area contributed by atoms with Crippen molar-refractivity contribution in [3.63, 3.8) is 0 Å². The van der Waals surface area contributed by atoms with Crippen molar-refractivity contribution in [2.45, 2.75) is 43.9 Å². The summed E-state index contributed by atoms with van der Waals surface area (Å²) in [5.74, 6) is 0.0585. The van der Waals surface area contributed by atoms with Gasteiger partial charge in [-0.1, -0.05) is 12.1 Å². The molecule has 6 heteroatoms. The molecule has 1 aromatic carbocycles. The van der Waals surface area contributed by atoms with E-state index in [0.29, 0.717) is 6.04 Å². The highest BCUT2D eigenvalue weighted by atomic mass is 32.2. The van der Waals surface area contributed by atoms with Gasteiger partial charge in [-0.2, -0.15) is 0 Å². The van der Waals surface area contributed by atoms with E-state index in [2.05, 4.69) is 59.9 Å². The lowest BCUT2D eigenvalue weighted by Gasteiger charge is -2.31. The summed E-state index contributed by atoms with van der Waals surface area (Å²) in [5, 5.41) is 7.70. The summed E-state index contributed by atoms with van der Waals surface area (Å²) >= 11 is 3.47. The van der Waals surface area contributed by atoms with Crippen LogP contribution in [-0.2, 0) is 13.0 Å². The van der Waals surface area contributed by atoms with Crippen LogP contribution in [0.5, 0.6) is 0 Å². The predicted octanol–water partition coefficient (Wildman–Crippen LogP) is 4.09. The molecular formula is C19H23N3OS2. The first-order valence-electron chi connectivity index (χ1n) is 8.66. The van der Waals surface area contributed by atoms with Gasteiger partial charge >= 0.3 is 0 Å². The third kappa shape index (κ3) is 3.07. The number of carbonyl (C=O) groups is 1. The van der Waals surface area contributed by atoms with Crippen molar-refractivity contribution in [3.8, 4) is 0 Å². The average Bonchev–Trinajstić information content (AvgIpc) is 2.99. The maximum absolute atomic E-state index is 12.8. The maximum Gasteiger partial charge on any atom is 0.256 e. The number of hydrogen-bond acceptors (Lipinski definition) is 5. The normalized spacial score (nSPS) is 20.0. The third-order valence-electron chi connectivity index (χ3n) is 5.04. The molecule has 0 saturated carbocycles. The molecule has 0 radical (unpaired) electrons. The van der Waals surface area contributed by atoms with Gasteiger partial charge in [-0.25, -0.2) is 0 Å². The zero-order valence-corrected chi connectivity index (χ0v) is 16.4. The number of amides is 1. The highest BCUT2D eigenvalue weighted by Crippen LogP contribution is 2.41.